The van der Waals surface area contributed by atoms with Crippen LogP contribution in [0.5, 0.6) is 0 Å². The average molecular weight is 385 g/mol. The molecule has 0 unspecified atom stereocenters. The van der Waals surface area contributed by atoms with E-state index in [2.05, 4.69) is 15.0 Å². The first-order valence-electron chi connectivity index (χ1n) is 7.62. The van der Waals surface area contributed by atoms with E-state index in [1.807, 2.05) is 18.0 Å². The molecule has 0 radical (unpaired) electrons. The fourth-order valence-corrected chi connectivity index (χ4v) is 4.29. The molecule has 1 aromatic carbocycles. The van der Waals surface area contributed by atoms with Gasteiger partial charge in [0.25, 0.3) is 0 Å². The second kappa shape index (κ2) is 8.93. The number of aliphatic imine (C=N–C) groups is 1. The number of hydrogen-bond acceptors (Lipinski definition) is 4. The molecule has 2 rings (SSSR count). The van der Waals surface area contributed by atoms with Crippen LogP contribution >= 0.6 is 11.3 Å². The number of hydrogen-bond donors (Lipinski definition) is 2. The topological polar surface area (TPSA) is 73.8 Å². The molecule has 0 saturated heterocycles. The normalized spacial score (nSPS) is 12.2. The van der Waals surface area contributed by atoms with E-state index in [-0.39, 0.29) is 12.4 Å². The van der Waals surface area contributed by atoms with Gasteiger partial charge in [0.2, 0.25) is 10.0 Å². The van der Waals surface area contributed by atoms with Crippen molar-refractivity contribution in [3.63, 3.8) is 0 Å². The van der Waals surface area contributed by atoms with Crippen LogP contribution in [0, 0.1) is 5.82 Å². The van der Waals surface area contributed by atoms with E-state index in [9.17, 15) is 12.8 Å². The number of guanidine groups is 1. The van der Waals surface area contributed by atoms with Crippen LogP contribution in [0.3, 0.4) is 0 Å². The molecular weight excluding hydrogens is 363 g/mol. The smallest absolute Gasteiger partial charge is 0.250 e. The van der Waals surface area contributed by atoms with Crippen LogP contribution in [0.15, 0.2) is 51.0 Å². The molecule has 0 fully saturated rings. The van der Waals surface area contributed by atoms with Gasteiger partial charge in [-0.25, -0.2) is 17.5 Å². The number of nitrogens with zero attached hydrogens (tertiary/aromatic N) is 2. The second-order valence-corrected chi connectivity index (χ2v) is 8.23. The number of nitrogens with one attached hydrogen (secondary N) is 2. The minimum atomic E-state index is -3.46. The van der Waals surface area contributed by atoms with Crippen molar-refractivity contribution in [1.82, 2.24) is 14.9 Å². The molecule has 6 nitrogen and oxygen atoms in total. The zero-order chi connectivity index (χ0) is 18.3. The molecule has 0 amide bonds. The number of thiophene rings is 1. The third-order valence-electron chi connectivity index (χ3n) is 3.34. The van der Waals surface area contributed by atoms with Crippen LogP contribution in [0.25, 0.3) is 0 Å². The summed E-state index contributed by atoms with van der Waals surface area (Å²) >= 11 is 1.17. The maximum Gasteiger partial charge on any atom is 0.250 e. The Morgan fingerprint density at radius 1 is 1.28 bits per heavy atom. The van der Waals surface area contributed by atoms with Gasteiger partial charge in [-0.05, 0) is 29.1 Å². The van der Waals surface area contributed by atoms with E-state index in [1.165, 1.54) is 23.5 Å². The lowest BCUT2D eigenvalue weighted by molar-refractivity contribution is 0.475. The first-order chi connectivity index (χ1) is 11.9. The Morgan fingerprint density at radius 2 is 2.08 bits per heavy atom. The summed E-state index contributed by atoms with van der Waals surface area (Å²) < 4.78 is 40.1. The van der Waals surface area contributed by atoms with Crippen LogP contribution in [-0.4, -0.2) is 46.5 Å². The summed E-state index contributed by atoms with van der Waals surface area (Å²) in [6.07, 6.45) is 0. The Kier molecular flexibility index (Phi) is 6.91. The minimum Gasteiger partial charge on any atom is -0.355 e. The second-order valence-electron chi connectivity index (χ2n) is 5.29. The molecule has 136 valence electrons. The van der Waals surface area contributed by atoms with Gasteiger partial charge in [-0.15, -0.1) is 11.3 Å². The molecular formula is C16H21FN4O2S2. The standard InChI is InChI=1S/C16H21FN4O2S2/c1-18-16(21(2)12-13-5-3-6-14(17)11-13)19-8-9-20-25(22,23)15-7-4-10-24-15/h3-7,10-11,20H,8-9,12H2,1-2H3,(H,18,19). The fourth-order valence-electron chi connectivity index (χ4n) is 2.22. The summed E-state index contributed by atoms with van der Waals surface area (Å²) in [5.41, 5.74) is 0.823. The van der Waals surface area contributed by atoms with Crippen molar-refractivity contribution in [3.8, 4) is 0 Å². The summed E-state index contributed by atoms with van der Waals surface area (Å²) in [6.45, 7) is 1.09. The van der Waals surface area contributed by atoms with Gasteiger partial charge >= 0.3 is 0 Å². The highest BCUT2D eigenvalue weighted by Gasteiger charge is 2.14. The molecule has 0 saturated carbocycles. The third kappa shape index (κ3) is 5.80. The van der Waals surface area contributed by atoms with Crippen molar-refractivity contribution in [2.45, 2.75) is 10.8 Å². The van der Waals surface area contributed by atoms with E-state index in [1.54, 1.807) is 30.6 Å². The largest absolute Gasteiger partial charge is 0.355 e. The van der Waals surface area contributed by atoms with Gasteiger partial charge in [-0.2, -0.15) is 0 Å². The van der Waals surface area contributed by atoms with Gasteiger partial charge in [0.05, 0.1) is 0 Å². The van der Waals surface area contributed by atoms with E-state index in [0.717, 1.165) is 5.56 Å². The van der Waals surface area contributed by atoms with E-state index < -0.39 is 10.0 Å². The molecule has 0 spiro atoms. The molecule has 1 heterocycles. The number of benzene rings is 1. The molecule has 2 N–H and O–H groups in total. The molecule has 25 heavy (non-hydrogen) atoms. The molecule has 0 aliphatic rings. The lowest BCUT2D eigenvalue weighted by Gasteiger charge is -2.22. The first kappa shape index (κ1) is 19.4. The van der Waals surface area contributed by atoms with Crippen molar-refractivity contribution in [1.29, 1.82) is 0 Å². The quantitative estimate of drug-likeness (QED) is 0.434. The Hall–Kier alpha value is -1.97. The molecule has 2 aromatic rings. The molecule has 1 aromatic heterocycles. The van der Waals surface area contributed by atoms with Crippen molar-refractivity contribution in [3.05, 3.63) is 53.2 Å². The number of rotatable bonds is 7. The predicted octanol–water partition coefficient (Wildman–Crippen LogP) is 1.87. The van der Waals surface area contributed by atoms with Gasteiger partial charge in [-0.3, -0.25) is 4.99 Å². The lowest BCUT2D eigenvalue weighted by Crippen LogP contribution is -2.42. The third-order valence-corrected chi connectivity index (χ3v) is 6.20. The maximum atomic E-state index is 13.2. The molecule has 0 atom stereocenters. The monoisotopic (exact) mass is 384 g/mol. The van der Waals surface area contributed by atoms with E-state index >= 15 is 0 Å². The van der Waals surface area contributed by atoms with Gasteiger partial charge in [0, 0.05) is 33.7 Å². The number of sulfonamides is 1. The minimum absolute atomic E-state index is 0.229. The molecule has 0 bridgehead atoms. The zero-order valence-corrected chi connectivity index (χ0v) is 15.7. The van der Waals surface area contributed by atoms with Crippen LogP contribution in [0.4, 0.5) is 4.39 Å². The van der Waals surface area contributed by atoms with Gasteiger partial charge < -0.3 is 10.2 Å². The Labute approximate surface area is 151 Å². The van der Waals surface area contributed by atoms with Crippen LogP contribution in [-0.2, 0) is 16.6 Å². The highest BCUT2D eigenvalue weighted by atomic mass is 32.2. The van der Waals surface area contributed by atoms with Gasteiger partial charge in [0.15, 0.2) is 5.96 Å². The van der Waals surface area contributed by atoms with Gasteiger partial charge in [-0.1, -0.05) is 18.2 Å². The van der Waals surface area contributed by atoms with Crippen LogP contribution < -0.4 is 10.0 Å². The Balaban J connectivity index is 1.82. The van der Waals surface area contributed by atoms with Crippen molar-refractivity contribution >= 4 is 27.3 Å². The summed E-state index contributed by atoms with van der Waals surface area (Å²) in [7, 11) is 0.00674. The summed E-state index contributed by atoms with van der Waals surface area (Å²) in [5.74, 6) is 0.316. The average Bonchev–Trinajstić information content (AvgIpc) is 3.10. The summed E-state index contributed by atoms with van der Waals surface area (Å²) in [4.78, 5) is 5.99. The van der Waals surface area contributed by atoms with Crippen LogP contribution in [0.1, 0.15) is 5.56 Å². The highest BCUT2D eigenvalue weighted by molar-refractivity contribution is 7.91. The fraction of sp³-hybridized carbons (Fsp3) is 0.312. The zero-order valence-electron chi connectivity index (χ0n) is 14.1. The lowest BCUT2D eigenvalue weighted by atomic mass is 10.2. The summed E-state index contributed by atoms with van der Waals surface area (Å²) in [5, 5.41) is 4.80. The molecule has 9 heteroatoms. The highest BCUT2D eigenvalue weighted by Crippen LogP contribution is 2.14. The Morgan fingerprint density at radius 3 is 2.72 bits per heavy atom. The first-order valence-corrected chi connectivity index (χ1v) is 9.98. The van der Waals surface area contributed by atoms with E-state index in [0.29, 0.717) is 23.3 Å². The van der Waals surface area contributed by atoms with Crippen molar-refractivity contribution in [2.24, 2.45) is 4.99 Å². The maximum absolute atomic E-state index is 13.2. The number of halogens is 1. The van der Waals surface area contributed by atoms with Crippen molar-refractivity contribution in [2.75, 3.05) is 27.2 Å². The predicted molar refractivity (Wildman–Crippen MR) is 98.7 cm³/mol. The summed E-state index contributed by atoms with van der Waals surface area (Å²) in [6, 6.07) is 9.62. The van der Waals surface area contributed by atoms with Gasteiger partial charge in [0.1, 0.15) is 10.0 Å². The van der Waals surface area contributed by atoms with Crippen molar-refractivity contribution < 1.29 is 12.8 Å². The van der Waals surface area contributed by atoms with Crippen LogP contribution in [0.2, 0.25) is 0 Å². The van der Waals surface area contributed by atoms with E-state index in [4.69, 9.17) is 0 Å². The Bertz CT molecular complexity index is 807. The SMILES string of the molecule is CN=C(NCCNS(=O)(=O)c1cccs1)N(C)Cc1cccc(F)c1. The molecule has 0 aliphatic carbocycles. The molecule has 0 aliphatic heterocycles.